The molecular weight excluding hydrogens is 238 g/mol. The molecule has 1 atom stereocenters. The predicted octanol–water partition coefficient (Wildman–Crippen LogP) is 2.72. The molecule has 0 saturated carbocycles. The summed E-state index contributed by atoms with van der Waals surface area (Å²) in [5, 5.41) is 0. The van der Waals surface area contributed by atoms with Crippen molar-refractivity contribution < 1.29 is 9.53 Å². The Balaban J connectivity index is 2.22. The average Bonchev–Trinajstić information content (AvgIpc) is 2.89. The fourth-order valence-electron chi connectivity index (χ4n) is 2.32. The largest absolute Gasteiger partial charge is 0.468 e. The second-order valence-corrected chi connectivity index (χ2v) is 4.78. The van der Waals surface area contributed by atoms with Crippen molar-refractivity contribution in [2.45, 2.75) is 13.0 Å². The van der Waals surface area contributed by atoms with Gasteiger partial charge in [0.1, 0.15) is 6.04 Å². The molecule has 0 bridgehead atoms. The maximum Gasteiger partial charge on any atom is 0.327 e. The first-order valence-electron chi connectivity index (χ1n) is 6.35. The molecule has 0 fully saturated rings. The molecule has 1 heterocycles. The van der Waals surface area contributed by atoms with Gasteiger partial charge in [-0.15, -0.1) is 0 Å². The van der Waals surface area contributed by atoms with E-state index in [2.05, 4.69) is 17.6 Å². The SMILES string of the molecule is C=C(C)C1=CCN([C@H](C(=O)OC)c2ccccc2)C1. The standard InChI is InChI=1S/C16H19NO2/c1-12(2)14-9-10-17(11-14)15(16(18)19-3)13-7-5-4-6-8-13/h4-9,15H,1,10-11H2,2-3H3/t15-/m0/s1. The zero-order chi connectivity index (χ0) is 13.8. The van der Waals surface area contributed by atoms with Crippen LogP contribution in [0.5, 0.6) is 0 Å². The summed E-state index contributed by atoms with van der Waals surface area (Å²) in [4.78, 5) is 14.2. The van der Waals surface area contributed by atoms with E-state index in [1.54, 1.807) is 0 Å². The van der Waals surface area contributed by atoms with Gasteiger partial charge in [-0.25, -0.2) is 4.79 Å². The fourth-order valence-corrected chi connectivity index (χ4v) is 2.32. The van der Waals surface area contributed by atoms with Gasteiger partial charge < -0.3 is 4.74 Å². The maximum atomic E-state index is 12.1. The molecule has 1 aromatic carbocycles. The third kappa shape index (κ3) is 2.93. The monoisotopic (exact) mass is 257 g/mol. The topological polar surface area (TPSA) is 29.5 Å². The first-order chi connectivity index (χ1) is 9.13. The molecule has 2 rings (SSSR count). The molecule has 0 radical (unpaired) electrons. The number of benzene rings is 1. The van der Waals surface area contributed by atoms with Crippen LogP contribution in [0.1, 0.15) is 18.5 Å². The highest BCUT2D eigenvalue weighted by Gasteiger charge is 2.30. The maximum absolute atomic E-state index is 12.1. The summed E-state index contributed by atoms with van der Waals surface area (Å²) in [6.07, 6.45) is 2.13. The van der Waals surface area contributed by atoms with Crippen molar-refractivity contribution in [2.75, 3.05) is 20.2 Å². The van der Waals surface area contributed by atoms with Crippen LogP contribution in [0.25, 0.3) is 0 Å². The zero-order valence-corrected chi connectivity index (χ0v) is 11.4. The number of esters is 1. The smallest absolute Gasteiger partial charge is 0.327 e. The van der Waals surface area contributed by atoms with Gasteiger partial charge in [0, 0.05) is 13.1 Å². The Kier molecular flexibility index (Phi) is 4.17. The van der Waals surface area contributed by atoms with E-state index in [-0.39, 0.29) is 12.0 Å². The third-order valence-electron chi connectivity index (χ3n) is 3.40. The minimum atomic E-state index is -0.348. The van der Waals surface area contributed by atoms with Crippen LogP contribution in [0.2, 0.25) is 0 Å². The molecule has 3 heteroatoms. The second kappa shape index (κ2) is 5.85. The zero-order valence-electron chi connectivity index (χ0n) is 11.4. The van der Waals surface area contributed by atoms with Gasteiger partial charge >= 0.3 is 5.97 Å². The van der Waals surface area contributed by atoms with Gasteiger partial charge in [-0.1, -0.05) is 48.6 Å². The van der Waals surface area contributed by atoms with Crippen molar-refractivity contribution in [1.82, 2.24) is 4.90 Å². The molecule has 0 aromatic heterocycles. The van der Waals surface area contributed by atoms with Gasteiger partial charge in [0.15, 0.2) is 0 Å². The van der Waals surface area contributed by atoms with Crippen molar-refractivity contribution in [3.8, 4) is 0 Å². The van der Waals surface area contributed by atoms with Gasteiger partial charge in [-0.3, -0.25) is 4.90 Å². The molecule has 0 N–H and O–H groups in total. The molecule has 0 spiro atoms. The van der Waals surface area contributed by atoms with Gasteiger partial charge in [-0.2, -0.15) is 0 Å². The molecular formula is C16H19NO2. The first kappa shape index (κ1) is 13.6. The summed E-state index contributed by atoms with van der Waals surface area (Å²) in [5.41, 5.74) is 3.22. The predicted molar refractivity (Wildman–Crippen MR) is 75.7 cm³/mol. The van der Waals surface area contributed by atoms with Crippen molar-refractivity contribution in [2.24, 2.45) is 0 Å². The Labute approximate surface area is 114 Å². The van der Waals surface area contributed by atoms with Crippen LogP contribution in [0.15, 0.2) is 54.1 Å². The number of nitrogens with zero attached hydrogens (tertiary/aromatic N) is 1. The van der Waals surface area contributed by atoms with Gasteiger partial charge in [-0.05, 0) is 18.1 Å². The fraction of sp³-hybridized carbons (Fsp3) is 0.312. The van der Waals surface area contributed by atoms with E-state index in [9.17, 15) is 4.79 Å². The van der Waals surface area contributed by atoms with Gasteiger partial charge in [0.05, 0.1) is 7.11 Å². The highest BCUT2D eigenvalue weighted by atomic mass is 16.5. The van der Waals surface area contributed by atoms with Crippen molar-refractivity contribution in [3.63, 3.8) is 0 Å². The summed E-state index contributed by atoms with van der Waals surface area (Å²) < 4.78 is 4.95. The van der Waals surface area contributed by atoms with Crippen LogP contribution in [0, 0.1) is 0 Å². The van der Waals surface area contributed by atoms with E-state index in [1.165, 1.54) is 12.7 Å². The van der Waals surface area contributed by atoms with Crippen LogP contribution in [-0.4, -0.2) is 31.1 Å². The second-order valence-electron chi connectivity index (χ2n) is 4.78. The highest BCUT2D eigenvalue weighted by molar-refractivity contribution is 5.77. The summed E-state index contributed by atoms with van der Waals surface area (Å²) >= 11 is 0. The molecule has 19 heavy (non-hydrogen) atoms. The minimum Gasteiger partial charge on any atom is -0.468 e. The Morgan fingerprint density at radius 2 is 2.05 bits per heavy atom. The van der Waals surface area contributed by atoms with Gasteiger partial charge in [0.25, 0.3) is 0 Å². The molecule has 0 saturated heterocycles. The number of methoxy groups -OCH3 is 1. The van der Waals surface area contributed by atoms with Crippen LogP contribution >= 0.6 is 0 Å². The minimum absolute atomic E-state index is 0.220. The van der Waals surface area contributed by atoms with E-state index >= 15 is 0 Å². The van der Waals surface area contributed by atoms with Crippen LogP contribution in [-0.2, 0) is 9.53 Å². The Hall–Kier alpha value is -1.87. The number of carbonyl (C=O) groups excluding carboxylic acids is 1. The molecule has 0 unspecified atom stereocenters. The van der Waals surface area contributed by atoms with Crippen molar-refractivity contribution >= 4 is 5.97 Å². The third-order valence-corrected chi connectivity index (χ3v) is 3.40. The summed E-state index contributed by atoms with van der Waals surface area (Å²) in [6, 6.07) is 9.39. The Morgan fingerprint density at radius 1 is 1.37 bits per heavy atom. The normalized spacial score (nSPS) is 16.8. The lowest BCUT2D eigenvalue weighted by molar-refractivity contribution is -0.146. The lowest BCUT2D eigenvalue weighted by Gasteiger charge is -2.26. The molecule has 1 aliphatic rings. The molecule has 3 nitrogen and oxygen atoms in total. The van der Waals surface area contributed by atoms with Crippen molar-refractivity contribution in [1.29, 1.82) is 0 Å². The van der Waals surface area contributed by atoms with E-state index in [0.717, 1.165) is 24.2 Å². The van der Waals surface area contributed by atoms with Crippen LogP contribution < -0.4 is 0 Å². The summed E-state index contributed by atoms with van der Waals surface area (Å²) in [7, 11) is 1.43. The quantitative estimate of drug-likeness (QED) is 0.777. The number of hydrogen-bond donors (Lipinski definition) is 0. The molecule has 100 valence electrons. The summed E-state index contributed by atoms with van der Waals surface area (Å²) in [5.74, 6) is -0.220. The van der Waals surface area contributed by atoms with Crippen LogP contribution in [0.3, 0.4) is 0 Å². The van der Waals surface area contributed by atoms with E-state index in [0.29, 0.717) is 0 Å². The molecule has 1 aromatic rings. The molecule has 0 amide bonds. The number of rotatable bonds is 4. The van der Waals surface area contributed by atoms with E-state index < -0.39 is 0 Å². The number of carbonyl (C=O) groups is 1. The van der Waals surface area contributed by atoms with E-state index in [1.807, 2.05) is 37.3 Å². The Bertz CT molecular complexity index is 505. The molecule has 1 aliphatic heterocycles. The average molecular weight is 257 g/mol. The summed E-state index contributed by atoms with van der Waals surface area (Å²) in [6.45, 7) is 7.44. The Morgan fingerprint density at radius 3 is 2.58 bits per heavy atom. The number of ether oxygens (including phenoxy) is 1. The van der Waals surface area contributed by atoms with Crippen molar-refractivity contribution in [3.05, 3.63) is 59.7 Å². The van der Waals surface area contributed by atoms with E-state index in [4.69, 9.17) is 4.74 Å². The first-order valence-corrected chi connectivity index (χ1v) is 6.35. The number of hydrogen-bond acceptors (Lipinski definition) is 3. The van der Waals surface area contributed by atoms with Crippen LogP contribution in [0.4, 0.5) is 0 Å². The lowest BCUT2D eigenvalue weighted by atomic mass is 10.1. The lowest BCUT2D eigenvalue weighted by Crippen LogP contribution is -2.33. The highest BCUT2D eigenvalue weighted by Crippen LogP contribution is 2.27. The molecule has 0 aliphatic carbocycles. The van der Waals surface area contributed by atoms with Gasteiger partial charge in [0.2, 0.25) is 0 Å².